The van der Waals surface area contributed by atoms with Gasteiger partial charge in [-0.1, -0.05) is 0 Å². The summed E-state index contributed by atoms with van der Waals surface area (Å²) < 4.78 is 0. The highest BCUT2D eigenvalue weighted by Gasteiger charge is 2.34. The van der Waals surface area contributed by atoms with Crippen LogP contribution in [0.1, 0.15) is 41.5 Å². The summed E-state index contributed by atoms with van der Waals surface area (Å²) >= 11 is 0. The summed E-state index contributed by atoms with van der Waals surface area (Å²) in [6, 6.07) is 2.38. The lowest BCUT2D eigenvalue weighted by Crippen LogP contribution is -2.68. The van der Waals surface area contributed by atoms with Gasteiger partial charge in [0.05, 0.1) is 0 Å². The first-order valence-electron chi connectivity index (χ1n) is 7.31. The van der Waals surface area contributed by atoms with Crippen molar-refractivity contribution in [3.63, 3.8) is 0 Å². The van der Waals surface area contributed by atoms with Gasteiger partial charge in [0.1, 0.15) is 0 Å². The highest BCUT2D eigenvalue weighted by atomic mass is 15.2. The maximum absolute atomic E-state index is 3.59. The van der Waals surface area contributed by atoms with Gasteiger partial charge in [0.25, 0.3) is 0 Å². The molecular formula is C14H32N4. The molecular weight excluding hydrogens is 224 g/mol. The van der Waals surface area contributed by atoms with Crippen LogP contribution in [-0.2, 0) is 0 Å². The van der Waals surface area contributed by atoms with E-state index in [1.807, 2.05) is 0 Å². The van der Waals surface area contributed by atoms with Crippen LogP contribution in [0.2, 0.25) is 0 Å². The Morgan fingerprint density at radius 2 is 1.61 bits per heavy atom. The standard InChI is InChI=1S/C9H20N2.C5H12N2/c1-6-7(2)11-9(4,5)8(3)10-6;1-5-4-6-2-3-7-5/h6-8,10-11H,1-5H3;5-7H,2-4H2,1H3. The zero-order valence-electron chi connectivity index (χ0n) is 12.9. The monoisotopic (exact) mass is 256 g/mol. The summed E-state index contributed by atoms with van der Waals surface area (Å²) in [5.41, 5.74) is 0.228. The molecule has 2 fully saturated rings. The van der Waals surface area contributed by atoms with Gasteiger partial charge in [-0.15, -0.1) is 0 Å². The Kier molecular flexibility index (Phi) is 6.05. The molecule has 2 saturated heterocycles. The topological polar surface area (TPSA) is 48.1 Å². The van der Waals surface area contributed by atoms with Crippen molar-refractivity contribution in [1.29, 1.82) is 0 Å². The van der Waals surface area contributed by atoms with Crippen molar-refractivity contribution in [2.75, 3.05) is 19.6 Å². The lowest BCUT2D eigenvalue weighted by molar-refractivity contribution is 0.173. The zero-order valence-corrected chi connectivity index (χ0v) is 12.9. The van der Waals surface area contributed by atoms with Gasteiger partial charge < -0.3 is 21.3 Å². The summed E-state index contributed by atoms with van der Waals surface area (Å²) in [7, 11) is 0. The van der Waals surface area contributed by atoms with E-state index in [1.54, 1.807) is 0 Å². The largest absolute Gasteiger partial charge is 0.314 e. The molecule has 0 aromatic carbocycles. The fraction of sp³-hybridized carbons (Fsp3) is 1.00. The van der Waals surface area contributed by atoms with Crippen LogP contribution in [-0.4, -0.2) is 49.3 Å². The van der Waals surface area contributed by atoms with E-state index < -0.39 is 0 Å². The van der Waals surface area contributed by atoms with E-state index in [-0.39, 0.29) is 5.54 Å². The van der Waals surface area contributed by atoms with Crippen molar-refractivity contribution in [3.05, 3.63) is 0 Å². The predicted octanol–water partition coefficient (Wildman–Crippen LogP) is 0.691. The zero-order chi connectivity index (χ0) is 13.8. The molecule has 108 valence electrons. The third kappa shape index (κ3) is 4.84. The lowest BCUT2D eigenvalue weighted by Gasteiger charge is -2.45. The number of hydrogen-bond acceptors (Lipinski definition) is 4. The van der Waals surface area contributed by atoms with E-state index in [1.165, 1.54) is 0 Å². The molecule has 4 unspecified atom stereocenters. The van der Waals surface area contributed by atoms with Crippen molar-refractivity contribution < 1.29 is 0 Å². The second-order valence-corrected chi connectivity index (χ2v) is 6.39. The van der Waals surface area contributed by atoms with Gasteiger partial charge in [0.15, 0.2) is 0 Å². The summed E-state index contributed by atoms with van der Waals surface area (Å²) in [5, 5.41) is 13.7. The summed E-state index contributed by atoms with van der Waals surface area (Å²) in [6.45, 7) is 16.7. The molecule has 0 radical (unpaired) electrons. The second-order valence-electron chi connectivity index (χ2n) is 6.39. The summed E-state index contributed by atoms with van der Waals surface area (Å²) in [5.74, 6) is 0. The van der Waals surface area contributed by atoms with E-state index in [2.05, 4.69) is 62.8 Å². The minimum atomic E-state index is 0.228. The fourth-order valence-corrected chi connectivity index (χ4v) is 2.38. The van der Waals surface area contributed by atoms with Crippen LogP contribution in [0.15, 0.2) is 0 Å². The molecule has 0 amide bonds. The Morgan fingerprint density at radius 3 is 2.00 bits per heavy atom. The first-order chi connectivity index (χ1) is 8.33. The highest BCUT2D eigenvalue weighted by Crippen LogP contribution is 2.16. The van der Waals surface area contributed by atoms with Gasteiger partial charge in [-0.25, -0.2) is 0 Å². The van der Waals surface area contributed by atoms with Gasteiger partial charge in [0.2, 0.25) is 0 Å². The van der Waals surface area contributed by atoms with Crippen LogP contribution in [0.4, 0.5) is 0 Å². The van der Waals surface area contributed by atoms with Crippen LogP contribution >= 0.6 is 0 Å². The molecule has 2 rings (SSSR count). The quantitative estimate of drug-likeness (QED) is 0.515. The highest BCUT2D eigenvalue weighted by molar-refractivity contribution is 4.98. The summed E-state index contributed by atoms with van der Waals surface area (Å²) in [4.78, 5) is 0. The number of hydrogen-bond donors (Lipinski definition) is 4. The first kappa shape index (κ1) is 15.9. The Hall–Kier alpha value is -0.160. The normalized spacial score (nSPS) is 39.7. The lowest BCUT2D eigenvalue weighted by atomic mass is 9.89. The second kappa shape index (κ2) is 6.85. The van der Waals surface area contributed by atoms with Crippen LogP contribution in [0.3, 0.4) is 0 Å². The molecule has 0 bridgehead atoms. The van der Waals surface area contributed by atoms with Crippen LogP contribution in [0, 0.1) is 0 Å². The predicted molar refractivity (Wildman–Crippen MR) is 79.1 cm³/mol. The average Bonchev–Trinajstić information content (AvgIpc) is 2.28. The minimum Gasteiger partial charge on any atom is -0.314 e. The first-order valence-corrected chi connectivity index (χ1v) is 7.31. The molecule has 0 spiro atoms. The number of piperazine rings is 2. The molecule has 0 aliphatic carbocycles. The maximum Gasteiger partial charge on any atom is 0.0278 e. The molecule has 4 heteroatoms. The van der Waals surface area contributed by atoms with E-state index in [0.29, 0.717) is 24.2 Å². The third-order valence-corrected chi connectivity index (χ3v) is 4.19. The Morgan fingerprint density at radius 1 is 0.944 bits per heavy atom. The molecule has 0 aromatic rings. The van der Waals surface area contributed by atoms with Gasteiger partial charge >= 0.3 is 0 Å². The smallest absolute Gasteiger partial charge is 0.0278 e. The molecule has 4 N–H and O–H groups in total. The number of nitrogens with one attached hydrogen (secondary N) is 4. The Balaban J connectivity index is 0.000000199. The molecule has 2 aliphatic heterocycles. The van der Waals surface area contributed by atoms with Crippen molar-refractivity contribution in [2.45, 2.75) is 71.2 Å². The van der Waals surface area contributed by atoms with Crippen LogP contribution in [0.25, 0.3) is 0 Å². The van der Waals surface area contributed by atoms with Crippen LogP contribution in [0.5, 0.6) is 0 Å². The van der Waals surface area contributed by atoms with Gasteiger partial charge in [-0.2, -0.15) is 0 Å². The van der Waals surface area contributed by atoms with Gasteiger partial charge in [-0.3, -0.25) is 0 Å². The van der Waals surface area contributed by atoms with Gasteiger partial charge in [-0.05, 0) is 41.5 Å². The Labute approximate surface area is 113 Å². The molecule has 2 heterocycles. The van der Waals surface area contributed by atoms with Crippen molar-refractivity contribution in [1.82, 2.24) is 21.3 Å². The average molecular weight is 256 g/mol. The molecule has 18 heavy (non-hydrogen) atoms. The molecule has 4 nitrogen and oxygen atoms in total. The van der Waals surface area contributed by atoms with Crippen molar-refractivity contribution in [3.8, 4) is 0 Å². The van der Waals surface area contributed by atoms with E-state index in [4.69, 9.17) is 0 Å². The van der Waals surface area contributed by atoms with E-state index >= 15 is 0 Å². The summed E-state index contributed by atoms with van der Waals surface area (Å²) in [6.07, 6.45) is 0. The third-order valence-electron chi connectivity index (χ3n) is 4.19. The molecule has 4 atom stereocenters. The molecule has 2 aliphatic rings. The molecule has 0 aromatic heterocycles. The van der Waals surface area contributed by atoms with E-state index in [9.17, 15) is 0 Å². The molecule has 0 saturated carbocycles. The van der Waals surface area contributed by atoms with E-state index in [0.717, 1.165) is 19.6 Å². The maximum atomic E-state index is 3.59. The Bertz CT molecular complexity index is 236. The van der Waals surface area contributed by atoms with Crippen LogP contribution < -0.4 is 21.3 Å². The number of rotatable bonds is 0. The van der Waals surface area contributed by atoms with Gasteiger partial charge in [0, 0.05) is 49.3 Å². The fourth-order valence-electron chi connectivity index (χ4n) is 2.38. The van der Waals surface area contributed by atoms with Crippen molar-refractivity contribution >= 4 is 0 Å². The SMILES string of the molecule is CC1CNCCN1.CC1NC(C)C(C)(C)NC1C. The van der Waals surface area contributed by atoms with Crippen molar-refractivity contribution in [2.24, 2.45) is 0 Å². The minimum absolute atomic E-state index is 0.228.